The number of nitrogens with zero attached hydrogens (tertiary/aromatic N) is 1. The van der Waals surface area contributed by atoms with Gasteiger partial charge in [-0.05, 0) is 16.7 Å². The van der Waals surface area contributed by atoms with Crippen molar-refractivity contribution in [1.82, 2.24) is 5.32 Å². The minimum atomic E-state index is -0.132. The Kier molecular flexibility index (Phi) is 5.31. The number of rotatable bonds is 6. The topological polar surface area (TPSA) is 56.0 Å². The van der Waals surface area contributed by atoms with Crippen molar-refractivity contribution < 1.29 is 5.11 Å². The van der Waals surface area contributed by atoms with E-state index >= 15 is 0 Å². The van der Waals surface area contributed by atoms with Gasteiger partial charge in [-0.3, -0.25) is 0 Å². The quantitative estimate of drug-likeness (QED) is 0.845. The molecule has 0 aromatic heterocycles. The van der Waals surface area contributed by atoms with Crippen LogP contribution in [0.3, 0.4) is 0 Å². The maximum Gasteiger partial charge on any atom is 0.0837 e. The Hall–Kier alpha value is -2.15. The molecule has 3 heteroatoms. The van der Waals surface area contributed by atoms with Crippen molar-refractivity contribution in [3.8, 4) is 6.07 Å². The van der Waals surface area contributed by atoms with Crippen molar-refractivity contribution in [2.75, 3.05) is 6.54 Å². The van der Waals surface area contributed by atoms with Gasteiger partial charge in [-0.1, -0.05) is 54.6 Å². The van der Waals surface area contributed by atoms with Gasteiger partial charge in [0.2, 0.25) is 0 Å². The van der Waals surface area contributed by atoms with E-state index in [1.54, 1.807) is 0 Å². The van der Waals surface area contributed by atoms with Crippen molar-refractivity contribution in [2.24, 2.45) is 0 Å². The highest BCUT2D eigenvalue weighted by Gasteiger charge is 2.09. The molecule has 2 aromatic carbocycles. The minimum absolute atomic E-state index is 0.0677. The molecule has 1 atom stereocenters. The van der Waals surface area contributed by atoms with Gasteiger partial charge in [0.1, 0.15) is 0 Å². The van der Waals surface area contributed by atoms with Gasteiger partial charge in [0.05, 0.1) is 18.6 Å². The standard InChI is InChI=1S/C17H18N2O/c18-10-17(16-4-2-1-3-5-16)12-19-11-14-6-8-15(13-20)9-7-14/h1-9,17,19-20H,11-13H2. The predicted octanol–water partition coefficient (Wildman–Crippen LogP) is 2.58. The summed E-state index contributed by atoms with van der Waals surface area (Å²) in [4.78, 5) is 0. The summed E-state index contributed by atoms with van der Waals surface area (Å²) >= 11 is 0. The Labute approximate surface area is 119 Å². The normalized spacial score (nSPS) is 11.8. The fraction of sp³-hybridized carbons (Fsp3) is 0.235. The van der Waals surface area contributed by atoms with Gasteiger partial charge in [-0.25, -0.2) is 0 Å². The van der Waals surface area contributed by atoms with Crippen LogP contribution in [-0.2, 0) is 13.2 Å². The molecular weight excluding hydrogens is 248 g/mol. The van der Waals surface area contributed by atoms with Crippen LogP contribution in [0, 0.1) is 11.3 Å². The number of nitrogens with one attached hydrogen (secondary N) is 1. The molecular formula is C17H18N2O. The molecule has 102 valence electrons. The predicted molar refractivity (Wildman–Crippen MR) is 78.9 cm³/mol. The highest BCUT2D eigenvalue weighted by atomic mass is 16.3. The van der Waals surface area contributed by atoms with Crippen LogP contribution >= 0.6 is 0 Å². The third-order valence-corrected chi connectivity index (χ3v) is 3.24. The molecule has 0 saturated heterocycles. The van der Waals surface area contributed by atoms with E-state index in [1.807, 2.05) is 54.6 Å². The van der Waals surface area contributed by atoms with Crippen LogP contribution in [0.15, 0.2) is 54.6 Å². The van der Waals surface area contributed by atoms with Crippen molar-refractivity contribution in [2.45, 2.75) is 19.1 Å². The molecule has 0 spiro atoms. The molecule has 0 aliphatic heterocycles. The summed E-state index contributed by atoms with van der Waals surface area (Å²) in [5, 5.41) is 21.5. The van der Waals surface area contributed by atoms with Crippen molar-refractivity contribution in [3.63, 3.8) is 0 Å². The van der Waals surface area contributed by atoms with E-state index in [2.05, 4.69) is 11.4 Å². The number of hydrogen-bond acceptors (Lipinski definition) is 3. The second kappa shape index (κ2) is 7.44. The van der Waals surface area contributed by atoms with Crippen molar-refractivity contribution in [1.29, 1.82) is 5.26 Å². The average molecular weight is 266 g/mol. The molecule has 0 amide bonds. The van der Waals surface area contributed by atoms with E-state index in [0.29, 0.717) is 6.54 Å². The summed E-state index contributed by atoms with van der Waals surface area (Å²) in [6, 6.07) is 19.9. The Morgan fingerprint density at radius 3 is 2.25 bits per heavy atom. The Morgan fingerprint density at radius 1 is 1.00 bits per heavy atom. The van der Waals surface area contributed by atoms with Crippen LogP contribution in [0.5, 0.6) is 0 Å². The molecule has 3 nitrogen and oxygen atoms in total. The molecule has 0 aliphatic rings. The molecule has 20 heavy (non-hydrogen) atoms. The maximum absolute atomic E-state index is 9.23. The lowest BCUT2D eigenvalue weighted by atomic mass is 10.0. The minimum Gasteiger partial charge on any atom is -0.392 e. The molecule has 1 unspecified atom stereocenters. The Morgan fingerprint density at radius 2 is 1.65 bits per heavy atom. The second-order valence-electron chi connectivity index (χ2n) is 4.70. The first kappa shape index (κ1) is 14.3. The van der Waals surface area contributed by atoms with Crippen LogP contribution in [-0.4, -0.2) is 11.7 Å². The molecule has 2 rings (SSSR count). The van der Waals surface area contributed by atoms with Crippen molar-refractivity contribution >= 4 is 0 Å². The Balaban J connectivity index is 1.86. The van der Waals surface area contributed by atoms with E-state index in [-0.39, 0.29) is 12.5 Å². The number of aliphatic hydroxyl groups excluding tert-OH is 1. The fourth-order valence-electron chi connectivity index (χ4n) is 2.05. The van der Waals surface area contributed by atoms with E-state index < -0.39 is 0 Å². The highest BCUT2D eigenvalue weighted by molar-refractivity contribution is 5.25. The molecule has 2 N–H and O–H groups in total. The molecule has 0 saturated carbocycles. The van der Waals surface area contributed by atoms with E-state index in [4.69, 9.17) is 5.11 Å². The molecule has 0 fully saturated rings. The first-order valence-corrected chi connectivity index (χ1v) is 6.67. The van der Waals surface area contributed by atoms with Crippen molar-refractivity contribution in [3.05, 3.63) is 71.3 Å². The highest BCUT2D eigenvalue weighted by Crippen LogP contribution is 2.13. The summed E-state index contributed by atoms with van der Waals surface area (Å²) < 4.78 is 0. The molecule has 0 bridgehead atoms. The van der Waals surface area contributed by atoms with E-state index in [0.717, 1.165) is 23.2 Å². The largest absolute Gasteiger partial charge is 0.392 e. The van der Waals surface area contributed by atoms with Crippen LogP contribution < -0.4 is 5.32 Å². The van der Waals surface area contributed by atoms with Gasteiger partial charge in [0.25, 0.3) is 0 Å². The van der Waals surface area contributed by atoms with Gasteiger partial charge in [-0.2, -0.15) is 5.26 Å². The number of benzene rings is 2. The van der Waals surface area contributed by atoms with Crippen LogP contribution in [0.25, 0.3) is 0 Å². The lowest BCUT2D eigenvalue weighted by molar-refractivity contribution is 0.282. The summed E-state index contributed by atoms with van der Waals surface area (Å²) in [5.74, 6) is -0.132. The van der Waals surface area contributed by atoms with E-state index in [9.17, 15) is 5.26 Å². The third kappa shape index (κ3) is 3.92. The zero-order chi connectivity index (χ0) is 14.2. The lowest BCUT2D eigenvalue weighted by Crippen LogP contribution is -2.20. The lowest BCUT2D eigenvalue weighted by Gasteiger charge is -2.11. The van der Waals surface area contributed by atoms with Gasteiger partial charge >= 0.3 is 0 Å². The second-order valence-corrected chi connectivity index (χ2v) is 4.70. The average Bonchev–Trinajstić information content (AvgIpc) is 2.53. The first-order valence-electron chi connectivity index (χ1n) is 6.67. The monoisotopic (exact) mass is 266 g/mol. The zero-order valence-electron chi connectivity index (χ0n) is 11.3. The first-order chi connectivity index (χ1) is 9.83. The van der Waals surface area contributed by atoms with Crippen LogP contribution in [0.2, 0.25) is 0 Å². The van der Waals surface area contributed by atoms with Gasteiger partial charge in [-0.15, -0.1) is 0 Å². The molecule has 0 heterocycles. The molecule has 0 aliphatic carbocycles. The maximum atomic E-state index is 9.23. The summed E-state index contributed by atoms with van der Waals surface area (Å²) in [5.41, 5.74) is 3.10. The van der Waals surface area contributed by atoms with E-state index in [1.165, 1.54) is 0 Å². The number of hydrogen-bond donors (Lipinski definition) is 2. The van der Waals surface area contributed by atoms with Crippen LogP contribution in [0.1, 0.15) is 22.6 Å². The fourth-order valence-corrected chi connectivity index (χ4v) is 2.05. The number of nitriles is 1. The third-order valence-electron chi connectivity index (χ3n) is 3.24. The summed E-state index contributed by atoms with van der Waals surface area (Å²) in [6.45, 7) is 1.41. The smallest absolute Gasteiger partial charge is 0.0837 e. The molecule has 2 aromatic rings. The summed E-state index contributed by atoms with van der Waals surface area (Å²) in [6.07, 6.45) is 0. The zero-order valence-corrected chi connectivity index (χ0v) is 11.3. The SMILES string of the molecule is N#CC(CNCc1ccc(CO)cc1)c1ccccc1. The van der Waals surface area contributed by atoms with Gasteiger partial charge < -0.3 is 10.4 Å². The van der Waals surface area contributed by atoms with Crippen LogP contribution in [0.4, 0.5) is 0 Å². The Bertz CT molecular complexity index is 558. The van der Waals surface area contributed by atoms with Gasteiger partial charge in [0.15, 0.2) is 0 Å². The van der Waals surface area contributed by atoms with Gasteiger partial charge in [0, 0.05) is 13.1 Å². The number of aliphatic hydroxyl groups is 1. The molecule has 0 radical (unpaired) electrons. The summed E-state index contributed by atoms with van der Waals surface area (Å²) in [7, 11) is 0.